The second kappa shape index (κ2) is 6.01. The maximum absolute atomic E-state index is 14.0. The van der Waals surface area contributed by atoms with Gasteiger partial charge in [-0.1, -0.05) is 35.3 Å². The summed E-state index contributed by atoms with van der Waals surface area (Å²) < 4.78 is 14.5. The van der Waals surface area contributed by atoms with Crippen LogP contribution in [0.25, 0.3) is 0 Å². The molecule has 0 aliphatic rings. The van der Waals surface area contributed by atoms with Gasteiger partial charge in [0.25, 0.3) is 0 Å². The number of benzene rings is 2. The van der Waals surface area contributed by atoms with Crippen molar-refractivity contribution in [3.05, 3.63) is 67.4 Å². The molecule has 1 atom stereocenters. The van der Waals surface area contributed by atoms with Crippen LogP contribution in [0.4, 0.5) is 4.39 Å². The van der Waals surface area contributed by atoms with E-state index in [0.717, 1.165) is 11.1 Å². The summed E-state index contributed by atoms with van der Waals surface area (Å²) in [6.07, 6.45) is 0. The quantitative estimate of drug-likeness (QED) is 0.409. The Kier molecular flexibility index (Phi) is 4.78. The van der Waals surface area contributed by atoms with Crippen molar-refractivity contribution in [1.29, 1.82) is 0 Å². The van der Waals surface area contributed by atoms with Crippen molar-refractivity contribution >= 4 is 50.7 Å². The molecule has 5 heteroatoms. The van der Waals surface area contributed by atoms with Crippen LogP contribution in [0.2, 0.25) is 10.0 Å². The van der Waals surface area contributed by atoms with E-state index in [9.17, 15) is 4.39 Å². The van der Waals surface area contributed by atoms with Crippen molar-refractivity contribution in [3.8, 4) is 0 Å². The molecule has 0 saturated heterocycles. The molecule has 1 unspecified atom stereocenters. The lowest BCUT2D eigenvalue weighted by Gasteiger charge is -2.15. The minimum Gasteiger partial charge on any atom is -0.207 e. The summed E-state index contributed by atoms with van der Waals surface area (Å²) in [6.45, 7) is 1.85. The van der Waals surface area contributed by atoms with Crippen LogP contribution in [0.1, 0.15) is 22.1 Å². The Labute approximate surface area is 134 Å². The first-order valence-electron chi connectivity index (χ1n) is 5.45. The van der Waals surface area contributed by atoms with Crippen molar-refractivity contribution in [2.45, 2.75) is 12.3 Å². The number of rotatable bonds is 2. The van der Waals surface area contributed by atoms with E-state index in [4.69, 9.17) is 34.8 Å². The zero-order valence-corrected chi connectivity index (χ0v) is 13.7. The van der Waals surface area contributed by atoms with Gasteiger partial charge in [0.05, 0.1) is 10.4 Å². The molecule has 0 spiro atoms. The molecule has 2 aromatic carbocycles. The maximum Gasteiger partial charge on any atom is 0.129 e. The van der Waals surface area contributed by atoms with Crippen molar-refractivity contribution in [3.63, 3.8) is 0 Å². The average Bonchev–Trinajstić information content (AvgIpc) is 2.36. The van der Waals surface area contributed by atoms with E-state index < -0.39 is 11.2 Å². The molecule has 0 saturated carbocycles. The van der Waals surface area contributed by atoms with Gasteiger partial charge in [-0.25, -0.2) is 4.39 Å². The normalized spacial score (nSPS) is 12.5. The molecule has 0 heterocycles. The first-order chi connectivity index (χ1) is 8.91. The molecule has 0 amide bonds. The SMILES string of the molecule is Cc1c(Cl)cccc1C(Cl)c1cc(Cl)c(Br)cc1F. The standard InChI is InChI=1S/C14H9BrCl3F/c1-7-8(3-2-4-11(7)16)14(18)9-5-12(17)10(15)6-13(9)19/h2-6,14H,1H3. The van der Waals surface area contributed by atoms with Crippen LogP contribution in [0.5, 0.6) is 0 Å². The third-order valence-electron chi connectivity index (χ3n) is 2.90. The van der Waals surface area contributed by atoms with E-state index in [1.54, 1.807) is 12.1 Å². The van der Waals surface area contributed by atoms with Gasteiger partial charge in [0.1, 0.15) is 5.82 Å². The summed E-state index contributed by atoms with van der Waals surface area (Å²) >= 11 is 21.6. The highest BCUT2D eigenvalue weighted by Gasteiger charge is 2.19. The highest BCUT2D eigenvalue weighted by atomic mass is 79.9. The minimum atomic E-state index is -0.635. The van der Waals surface area contributed by atoms with Gasteiger partial charge >= 0.3 is 0 Å². The zero-order chi connectivity index (χ0) is 14.2. The van der Waals surface area contributed by atoms with E-state index in [1.807, 2.05) is 13.0 Å². The molecule has 19 heavy (non-hydrogen) atoms. The first-order valence-corrected chi connectivity index (χ1v) is 7.44. The molecular formula is C14H9BrCl3F. The number of hydrogen-bond acceptors (Lipinski definition) is 0. The number of hydrogen-bond donors (Lipinski definition) is 0. The Balaban J connectivity index is 2.53. The smallest absolute Gasteiger partial charge is 0.129 e. The molecule has 0 bridgehead atoms. The Morgan fingerprint density at radius 2 is 1.79 bits per heavy atom. The van der Waals surface area contributed by atoms with Crippen LogP contribution >= 0.6 is 50.7 Å². The highest BCUT2D eigenvalue weighted by Crippen LogP contribution is 2.37. The van der Waals surface area contributed by atoms with E-state index >= 15 is 0 Å². The number of alkyl halides is 1. The van der Waals surface area contributed by atoms with Gasteiger partial charge in [0.15, 0.2) is 0 Å². The fourth-order valence-electron chi connectivity index (χ4n) is 1.80. The lowest BCUT2D eigenvalue weighted by Crippen LogP contribution is -2.00. The predicted molar refractivity (Wildman–Crippen MR) is 83.0 cm³/mol. The van der Waals surface area contributed by atoms with Crippen molar-refractivity contribution < 1.29 is 4.39 Å². The van der Waals surface area contributed by atoms with E-state index in [-0.39, 0.29) is 0 Å². The van der Waals surface area contributed by atoms with Crippen molar-refractivity contribution in [2.24, 2.45) is 0 Å². The van der Waals surface area contributed by atoms with E-state index in [0.29, 0.717) is 20.1 Å². The summed E-state index contributed by atoms with van der Waals surface area (Å²) in [5, 5.41) is 0.387. The largest absolute Gasteiger partial charge is 0.207 e. The fourth-order valence-corrected chi connectivity index (χ4v) is 2.87. The van der Waals surface area contributed by atoms with Crippen LogP contribution in [-0.2, 0) is 0 Å². The lowest BCUT2D eigenvalue weighted by atomic mass is 9.99. The predicted octanol–water partition coefficient (Wildman–Crippen LogP) is 6.53. The molecule has 0 aliphatic heterocycles. The summed E-state index contributed by atoms with van der Waals surface area (Å²) in [6, 6.07) is 8.23. The second-order valence-corrected chi connectivity index (χ2v) is 6.21. The van der Waals surface area contributed by atoms with Gasteiger partial charge in [-0.3, -0.25) is 0 Å². The van der Waals surface area contributed by atoms with Crippen LogP contribution in [0.15, 0.2) is 34.8 Å². The Morgan fingerprint density at radius 1 is 1.11 bits per heavy atom. The van der Waals surface area contributed by atoms with Gasteiger partial charge in [0, 0.05) is 15.1 Å². The Bertz CT molecular complexity index is 628. The summed E-state index contributed by atoms with van der Waals surface area (Å²) in [5.74, 6) is -0.407. The molecule has 100 valence electrons. The second-order valence-electron chi connectivity index (χ2n) is 4.10. The van der Waals surface area contributed by atoms with Crippen LogP contribution < -0.4 is 0 Å². The third kappa shape index (κ3) is 3.08. The van der Waals surface area contributed by atoms with Crippen molar-refractivity contribution in [2.75, 3.05) is 0 Å². The monoisotopic (exact) mass is 380 g/mol. The molecule has 0 fully saturated rings. The average molecular weight is 382 g/mol. The zero-order valence-electron chi connectivity index (χ0n) is 9.85. The van der Waals surface area contributed by atoms with Gasteiger partial charge in [0.2, 0.25) is 0 Å². The number of halogens is 5. The summed E-state index contributed by atoms with van der Waals surface area (Å²) in [5.41, 5.74) is 1.94. The van der Waals surface area contributed by atoms with Crippen molar-refractivity contribution in [1.82, 2.24) is 0 Å². The van der Waals surface area contributed by atoms with Crippen LogP contribution in [-0.4, -0.2) is 0 Å². The van der Waals surface area contributed by atoms with Crippen LogP contribution in [0, 0.1) is 12.7 Å². The third-order valence-corrected chi connectivity index (χ3v) is 4.97. The summed E-state index contributed by atoms with van der Waals surface area (Å²) in [4.78, 5) is 0. The topological polar surface area (TPSA) is 0 Å². The fraction of sp³-hybridized carbons (Fsp3) is 0.143. The molecule has 0 nitrogen and oxygen atoms in total. The minimum absolute atomic E-state index is 0.334. The molecule has 0 aromatic heterocycles. The Hall–Kier alpha value is -0.280. The van der Waals surface area contributed by atoms with Gasteiger partial charge < -0.3 is 0 Å². The Morgan fingerprint density at radius 3 is 2.47 bits per heavy atom. The van der Waals surface area contributed by atoms with Crippen LogP contribution in [0.3, 0.4) is 0 Å². The summed E-state index contributed by atoms with van der Waals surface area (Å²) in [7, 11) is 0. The lowest BCUT2D eigenvalue weighted by molar-refractivity contribution is 0.611. The van der Waals surface area contributed by atoms with E-state index in [1.165, 1.54) is 12.1 Å². The first kappa shape index (κ1) is 15.1. The highest BCUT2D eigenvalue weighted by molar-refractivity contribution is 9.10. The van der Waals surface area contributed by atoms with E-state index in [2.05, 4.69) is 15.9 Å². The maximum atomic E-state index is 14.0. The molecule has 0 aliphatic carbocycles. The molecule has 0 radical (unpaired) electrons. The van der Waals surface area contributed by atoms with Gasteiger partial charge in [-0.15, -0.1) is 11.6 Å². The van der Waals surface area contributed by atoms with Gasteiger partial charge in [-0.2, -0.15) is 0 Å². The molecular weight excluding hydrogens is 373 g/mol. The molecule has 2 rings (SSSR count). The van der Waals surface area contributed by atoms with Gasteiger partial charge in [-0.05, 0) is 52.2 Å². The molecule has 2 aromatic rings. The molecule has 0 N–H and O–H groups in total.